The van der Waals surface area contributed by atoms with Gasteiger partial charge in [-0.15, -0.1) is 0 Å². The van der Waals surface area contributed by atoms with Gasteiger partial charge in [-0.3, -0.25) is 0 Å². The molecule has 3 heteroatoms. The fraction of sp³-hybridized carbons (Fsp3) is 0. The van der Waals surface area contributed by atoms with Crippen molar-refractivity contribution < 1.29 is 0 Å². The molecule has 13 rings (SSSR count). The summed E-state index contributed by atoms with van der Waals surface area (Å²) in [7, 11) is 0. The van der Waals surface area contributed by atoms with Gasteiger partial charge in [0.25, 0.3) is 0 Å². The Morgan fingerprint density at radius 3 is 1.36 bits per heavy atom. The Hall–Kier alpha value is -8.14. The summed E-state index contributed by atoms with van der Waals surface area (Å²) >= 11 is 0. The second kappa shape index (κ2) is 13.2. The Morgan fingerprint density at radius 1 is 0.230 bits per heavy atom. The maximum atomic E-state index is 2.49. The van der Waals surface area contributed by atoms with Gasteiger partial charge in [-0.05, 0) is 94.4 Å². The molecular weight excluding hydrogens is 739 g/mol. The summed E-state index contributed by atoms with van der Waals surface area (Å²) in [5.74, 6) is 0. The van der Waals surface area contributed by atoms with Crippen LogP contribution in [0.5, 0.6) is 0 Å². The first-order chi connectivity index (χ1) is 30.3. The molecule has 0 aliphatic carbocycles. The third-order valence-corrected chi connectivity index (χ3v) is 12.8. The van der Waals surface area contributed by atoms with Crippen molar-refractivity contribution in [2.75, 3.05) is 0 Å². The minimum atomic E-state index is 1.13. The summed E-state index contributed by atoms with van der Waals surface area (Å²) in [6.45, 7) is 0. The number of para-hydroxylation sites is 3. The Bertz CT molecular complexity index is 3840. The van der Waals surface area contributed by atoms with E-state index in [1.165, 1.54) is 104 Å². The van der Waals surface area contributed by atoms with E-state index < -0.39 is 0 Å². The van der Waals surface area contributed by atoms with E-state index in [2.05, 4.69) is 238 Å². The van der Waals surface area contributed by atoms with Crippen LogP contribution in [0.25, 0.3) is 116 Å². The van der Waals surface area contributed by atoms with Crippen LogP contribution >= 0.6 is 0 Å². The number of rotatable bonds is 5. The standard InChI is InChI=1S/C58H37N3/c1-3-14-38(15-4-1)39-26-30-44(31-27-39)60-55-34-28-42(37-51(55)49-33-32-48-46-21-9-11-23-53(46)59(57(48)58(49)60)43-18-5-2-6-19-43)41-29-35-56-50(36-41)47-22-10-12-24-54(47)61(56)52-25-13-17-40-16-7-8-20-45(40)52/h1-37H. The Labute approximate surface area is 352 Å². The molecule has 0 unspecified atom stereocenters. The Kier molecular flexibility index (Phi) is 7.31. The molecule has 0 saturated heterocycles. The summed E-state index contributed by atoms with van der Waals surface area (Å²) in [5, 5.41) is 9.92. The fourth-order valence-electron chi connectivity index (χ4n) is 10.1. The topological polar surface area (TPSA) is 14.8 Å². The molecule has 0 radical (unpaired) electrons. The van der Waals surface area contributed by atoms with E-state index in [1.54, 1.807) is 0 Å². The van der Waals surface area contributed by atoms with Gasteiger partial charge in [0, 0.05) is 49.1 Å². The number of aromatic nitrogens is 3. The van der Waals surface area contributed by atoms with E-state index in [9.17, 15) is 0 Å². The smallest absolute Gasteiger partial charge is 0.0788 e. The molecule has 0 N–H and O–H groups in total. The van der Waals surface area contributed by atoms with Crippen molar-refractivity contribution in [3.8, 4) is 39.3 Å². The highest BCUT2D eigenvalue weighted by Crippen LogP contribution is 2.44. The molecule has 3 nitrogen and oxygen atoms in total. The number of hydrogen-bond donors (Lipinski definition) is 0. The van der Waals surface area contributed by atoms with Crippen molar-refractivity contribution in [2.24, 2.45) is 0 Å². The number of benzene rings is 10. The largest absolute Gasteiger partial charge is 0.309 e. The van der Waals surface area contributed by atoms with E-state index in [1.807, 2.05) is 0 Å². The van der Waals surface area contributed by atoms with Crippen LogP contribution in [-0.4, -0.2) is 13.7 Å². The molecule has 0 saturated carbocycles. The third kappa shape index (κ3) is 5.04. The van der Waals surface area contributed by atoms with E-state index in [0.29, 0.717) is 0 Å². The van der Waals surface area contributed by atoms with Gasteiger partial charge >= 0.3 is 0 Å². The SMILES string of the molecule is c1ccc(-c2ccc(-n3c4ccc(-c5ccc6c(c5)c5ccccc5n6-c5cccc6ccccc56)cc4c4ccc5c6ccccc6n(-c6ccccc6)c5c43)cc2)cc1. The van der Waals surface area contributed by atoms with Crippen molar-refractivity contribution >= 4 is 76.2 Å². The average Bonchev–Trinajstić information content (AvgIpc) is 3.97. The zero-order valence-corrected chi connectivity index (χ0v) is 33.2. The van der Waals surface area contributed by atoms with E-state index >= 15 is 0 Å². The number of nitrogens with zero attached hydrogens (tertiary/aromatic N) is 3. The zero-order valence-electron chi connectivity index (χ0n) is 33.2. The molecule has 0 fully saturated rings. The van der Waals surface area contributed by atoms with Crippen molar-refractivity contribution in [1.29, 1.82) is 0 Å². The van der Waals surface area contributed by atoms with Gasteiger partial charge in [-0.25, -0.2) is 0 Å². The lowest BCUT2D eigenvalue weighted by atomic mass is 10.00. The first-order valence-corrected chi connectivity index (χ1v) is 21.0. The zero-order chi connectivity index (χ0) is 40.0. The van der Waals surface area contributed by atoms with Gasteiger partial charge in [-0.1, -0.05) is 158 Å². The third-order valence-electron chi connectivity index (χ3n) is 12.8. The predicted octanol–water partition coefficient (Wildman–Crippen LogP) is 15.5. The minimum absolute atomic E-state index is 1.13. The first-order valence-electron chi connectivity index (χ1n) is 21.0. The van der Waals surface area contributed by atoms with Crippen LogP contribution in [0.3, 0.4) is 0 Å². The van der Waals surface area contributed by atoms with Gasteiger partial charge in [0.05, 0.1) is 38.8 Å². The monoisotopic (exact) mass is 775 g/mol. The molecule has 0 amide bonds. The van der Waals surface area contributed by atoms with Crippen molar-refractivity contribution in [3.63, 3.8) is 0 Å². The summed E-state index contributed by atoms with van der Waals surface area (Å²) < 4.78 is 7.39. The maximum Gasteiger partial charge on any atom is 0.0788 e. The predicted molar refractivity (Wildman–Crippen MR) is 258 cm³/mol. The molecular formula is C58H37N3. The molecule has 61 heavy (non-hydrogen) atoms. The summed E-state index contributed by atoms with van der Waals surface area (Å²) in [6, 6.07) is 82.2. The highest BCUT2D eigenvalue weighted by atomic mass is 15.0. The van der Waals surface area contributed by atoms with Crippen LogP contribution in [0.4, 0.5) is 0 Å². The highest BCUT2D eigenvalue weighted by Gasteiger charge is 2.22. The Morgan fingerprint density at radius 2 is 0.672 bits per heavy atom. The number of hydrogen-bond acceptors (Lipinski definition) is 0. The lowest BCUT2D eigenvalue weighted by Crippen LogP contribution is -1.98. The summed E-state index contributed by atoms with van der Waals surface area (Å²) in [5.41, 5.74) is 15.5. The molecule has 0 atom stereocenters. The van der Waals surface area contributed by atoms with Crippen LogP contribution < -0.4 is 0 Å². The molecule has 3 heterocycles. The van der Waals surface area contributed by atoms with E-state index in [0.717, 1.165) is 11.4 Å². The molecule has 3 aromatic heterocycles. The fourth-order valence-corrected chi connectivity index (χ4v) is 10.1. The van der Waals surface area contributed by atoms with Crippen molar-refractivity contribution in [2.45, 2.75) is 0 Å². The molecule has 0 aliphatic heterocycles. The summed E-state index contributed by atoms with van der Waals surface area (Å²) in [6.07, 6.45) is 0. The van der Waals surface area contributed by atoms with Crippen LogP contribution in [-0.2, 0) is 0 Å². The van der Waals surface area contributed by atoms with Crippen molar-refractivity contribution in [3.05, 3.63) is 224 Å². The lowest BCUT2D eigenvalue weighted by Gasteiger charge is -2.13. The molecule has 10 aromatic carbocycles. The van der Waals surface area contributed by atoms with Crippen LogP contribution in [0.1, 0.15) is 0 Å². The molecule has 0 bridgehead atoms. The van der Waals surface area contributed by atoms with Gasteiger partial charge in [0.1, 0.15) is 0 Å². The average molecular weight is 776 g/mol. The van der Waals surface area contributed by atoms with E-state index in [4.69, 9.17) is 0 Å². The number of fused-ring (bicyclic) bond motifs is 11. The highest BCUT2D eigenvalue weighted by molar-refractivity contribution is 6.24. The molecule has 13 aromatic rings. The Balaban J connectivity index is 1.07. The minimum Gasteiger partial charge on any atom is -0.309 e. The molecule has 0 spiro atoms. The first kappa shape index (κ1) is 33.8. The van der Waals surface area contributed by atoms with Crippen LogP contribution in [0, 0.1) is 0 Å². The lowest BCUT2D eigenvalue weighted by molar-refractivity contribution is 1.15. The normalized spacial score (nSPS) is 11.9. The van der Waals surface area contributed by atoms with Gasteiger partial charge < -0.3 is 13.7 Å². The van der Waals surface area contributed by atoms with E-state index in [-0.39, 0.29) is 0 Å². The quantitative estimate of drug-likeness (QED) is 0.165. The van der Waals surface area contributed by atoms with Crippen LogP contribution in [0.15, 0.2) is 224 Å². The maximum absolute atomic E-state index is 2.49. The van der Waals surface area contributed by atoms with Gasteiger partial charge in [-0.2, -0.15) is 0 Å². The van der Waals surface area contributed by atoms with Gasteiger partial charge in [0.2, 0.25) is 0 Å². The summed E-state index contributed by atoms with van der Waals surface area (Å²) in [4.78, 5) is 0. The van der Waals surface area contributed by atoms with Crippen LogP contribution in [0.2, 0.25) is 0 Å². The molecule has 284 valence electrons. The second-order valence-electron chi connectivity index (χ2n) is 16.1. The second-order valence-corrected chi connectivity index (χ2v) is 16.1. The molecule has 0 aliphatic rings. The van der Waals surface area contributed by atoms with Gasteiger partial charge in [0.15, 0.2) is 0 Å². The van der Waals surface area contributed by atoms with Crippen molar-refractivity contribution in [1.82, 2.24) is 13.7 Å².